The Morgan fingerprint density at radius 3 is 1.64 bits per heavy atom. The van der Waals surface area contributed by atoms with Crippen molar-refractivity contribution in [3.05, 3.63) is 139 Å². The first-order valence-corrected chi connectivity index (χ1v) is 14.1. The molecule has 0 aliphatic carbocycles. The van der Waals surface area contributed by atoms with Gasteiger partial charge in [-0.2, -0.15) is 0 Å². The van der Waals surface area contributed by atoms with Crippen LogP contribution in [-0.2, 0) is 27.2 Å². The van der Waals surface area contributed by atoms with Crippen LogP contribution in [0.3, 0.4) is 0 Å². The van der Waals surface area contributed by atoms with Crippen LogP contribution in [0.2, 0.25) is 0 Å². The first-order valence-electron chi connectivity index (χ1n) is 14.1. The average molecular weight is 729 g/mol. The van der Waals surface area contributed by atoms with Crippen LogP contribution in [0.25, 0.3) is 39.6 Å². The van der Waals surface area contributed by atoms with Gasteiger partial charge in [0, 0.05) is 57.6 Å². The zero-order valence-electron chi connectivity index (χ0n) is 24.7. The van der Waals surface area contributed by atoms with Gasteiger partial charge >= 0.3 is 0 Å². The number of imidazole rings is 2. The first kappa shape index (κ1) is 30.9. The Bertz CT molecular complexity index is 1660. The molecule has 6 aromatic rings. The van der Waals surface area contributed by atoms with Crippen LogP contribution >= 0.6 is 0 Å². The fourth-order valence-corrected chi connectivity index (χ4v) is 5.01. The third-order valence-electron chi connectivity index (χ3n) is 7.12. The molecule has 42 heavy (non-hydrogen) atoms. The van der Waals surface area contributed by atoms with Crippen LogP contribution in [0.15, 0.2) is 116 Å². The number of hydrogen-bond acceptors (Lipinski definition) is 2. The van der Waals surface area contributed by atoms with E-state index in [-0.39, 0.29) is 20.1 Å². The second-order valence-electron chi connectivity index (χ2n) is 10.7. The molecule has 0 spiro atoms. The molecule has 0 unspecified atom stereocenters. The molecular weight excluding hydrogens is 693 g/mol. The van der Waals surface area contributed by atoms with Gasteiger partial charge in [-0.1, -0.05) is 58.0 Å². The Morgan fingerprint density at radius 1 is 0.619 bits per heavy atom. The summed E-state index contributed by atoms with van der Waals surface area (Å²) in [6.07, 6.45) is 7.67. The molecule has 6 rings (SSSR count). The van der Waals surface area contributed by atoms with Crippen molar-refractivity contribution < 1.29 is 20.1 Å². The van der Waals surface area contributed by atoms with E-state index >= 15 is 0 Å². The van der Waals surface area contributed by atoms with E-state index in [0.29, 0.717) is 11.8 Å². The van der Waals surface area contributed by atoms with Gasteiger partial charge in [0.15, 0.2) is 0 Å². The molecule has 0 bridgehead atoms. The molecule has 0 saturated heterocycles. The number of aromatic nitrogens is 4. The van der Waals surface area contributed by atoms with Crippen molar-refractivity contribution in [2.24, 2.45) is 7.05 Å². The molecule has 0 aliphatic rings. The Balaban J connectivity index is 0.000000261. The van der Waals surface area contributed by atoms with Crippen molar-refractivity contribution in [3.8, 4) is 39.6 Å². The van der Waals surface area contributed by atoms with Crippen LogP contribution in [0.5, 0.6) is 0 Å². The maximum Gasteiger partial charge on any atom is 0.0602 e. The van der Waals surface area contributed by atoms with Gasteiger partial charge in [-0.05, 0) is 46.2 Å². The van der Waals surface area contributed by atoms with Crippen LogP contribution < -0.4 is 0 Å². The normalized spacial score (nSPS) is 10.7. The van der Waals surface area contributed by atoms with Gasteiger partial charge in [0.2, 0.25) is 0 Å². The number of hydrogen-bond donors (Lipinski definition) is 0. The Kier molecular flexibility index (Phi) is 10.5. The summed E-state index contributed by atoms with van der Waals surface area (Å²) in [7, 11) is 1.98. The zero-order valence-corrected chi connectivity index (χ0v) is 27.1. The smallest absolute Gasteiger partial charge is 0.0602 e. The van der Waals surface area contributed by atoms with Crippen molar-refractivity contribution in [1.82, 2.24) is 19.1 Å². The van der Waals surface area contributed by atoms with E-state index in [2.05, 4.69) is 109 Å². The van der Waals surface area contributed by atoms with Crippen molar-refractivity contribution in [2.45, 2.75) is 39.5 Å². The van der Waals surface area contributed by atoms with Gasteiger partial charge in [0.05, 0.1) is 11.6 Å². The van der Waals surface area contributed by atoms with Crippen LogP contribution in [0, 0.1) is 12.1 Å². The van der Waals surface area contributed by atoms with E-state index in [4.69, 9.17) is 0 Å². The fraction of sp³-hybridized carbons (Fsp3) is 0.189. The van der Waals surface area contributed by atoms with E-state index in [9.17, 15) is 0 Å². The number of rotatable bonds is 6. The molecule has 1 radical (unpaired) electrons. The largest absolute Gasteiger partial charge is 0.373 e. The molecule has 0 amide bonds. The van der Waals surface area contributed by atoms with E-state index in [1.807, 2.05) is 66.5 Å². The molecule has 2 heterocycles. The third-order valence-corrected chi connectivity index (χ3v) is 7.12. The molecule has 0 aliphatic heterocycles. The van der Waals surface area contributed by atoms with Crippen molar-refractivity contribution in [3.63, 3.8) is 0 Å². The summed E-state index contributed by atoms with van der Waals surface area (Å²) in [6.45, 7) is 9.07. The van der Waals surface area contributed by atoms with E-state index in [1.165, 1.54) is 27.9 Å². The molecule has 215 valence electrons. The molecule has 0 fully saturated rings. The summed E-state index contributed by atoms with van der Waals surface area (Å²) >= 11 is 0. The SMILES string of the molecule is CC(C)c1cc(-c2ccccc2)cc(C(C)C)c1-n1ccnc1-c1[c-]cccc1.Cn1ccnc1-c1[c-]cccc1.[Ir]. The van der Waals surface area contributed by atoms with Crippen molar-refractivity contribution in [2.75, 3.05) is 0 Å². The van der Waals surface area contributed by atoms with Gasteiger partial charge in [-0.3, -0.25) is 9.97 Å². The van der Waals surface area contributed by atoms with Crippen LogP contribution in [-0.4, -0.2) is 19.1 Å². The molecule has 0 N–H and O–H groups in total. The topological polar surface area (TPSA) is 35.6 Å². The predicted octanol–water partition coefficient (Wildman–Crippen LogP) is 9.14. The minimum atomic E-state index is 0. The van der Waals surface area contributed by atoms with E-state index in [1.54, 1.807) is 6.20 Å². The number of nitrogens with zero attached hydrogens (tertiary/aromatic N) is 4. The van der Waals surface area contributed by atoms with Gasteiger partial charge < -0.3 is 9.13 Å². The van der Waals surface area contributed by atoms with Crippen LogP contribution in [0.1, 0.15) is 50.7 Å². The first-order chi connectivity index (χ1) is 19.9. The van der Waals surface area contributed by atoms with Gasteiger partial charge in [0.25, 0.3) is 0 Å². The third kappa shape index (κ3) is 6.87. The summed E-state index contributed by atoms with van der Waals surface area (Å²) in [5.74, 6) is 2.67. The Labute approximate surface area is 263 Å². The summed E-state index contributed by atoms with van der Waals surface area (Å²) in [4.78, 5) is 8.89. The summed E-state index contributed by atoms with van der Waals surface area (Å²) < 4.78 is 4.22. The molecular formula is C37H36IrN4-2. The van der Waals surface area contributed by atoms with Gasteiger partial charge in [-0.15, -0.1) is 71.8 Å². The predicted molar refractivity (Wildman–Crippen MR) is 169 cm³/mol. The summed E-state index contributed by atoms with van der Waals surface area (Å²) in [5, 5.41) is 0. The minimum Gasteiger partial charge on any atom is -0.373 e. The quantitative estimate of drug-likeness (QED) is 0.161. The average Bonchev–Trinajstić information content (AvgIpc) is 3.67. The van der Waals surface area contributed by atoms with Crippen LogP contribution in [0.4, 0.5) is 0 Å². The molecule has 5 heteroatoms. The molecule has 0 saturated carbocycles. The summed E-state index contributed by atoms with van der Waals surface area (Å²) in [6, 6.07) is 37.7. The molecule has 4 nitrogen and oxygen atoms in total. The van der Waals surface area contributed by atoms with Gasteiger partial charge in [-0.25, -0.2) is 0 Å². The maximum absolute atomic E-state index is 4.68. The maximum atomic E-state index is 4.68. The molecule has 4 aromatic carbocycles. The monoisotopic (exact) mass is 729 g/mol. The molecule has 0 atom stereocenters. The van der Waals surface area contributed by atoms with Gasteiger partial charge in [0.1, 0.15) is 0 Å². The Morgan fingerprint density at radius 2 is 1.14 bits per heavy atom. The second-order valence-corrected chi connectivity index (χ2v) is 10.7. The second kappa shape index (κ2) is 14.2. The minimum absolute atomic E-state index is 0. The zero-order chi connectivity index (χ0) is 28.8. The number of aryl methyl sites for hydroxylation is 1. The van der Waals surface area contributed by atoms with Crippen molar-refractivity contribution in [1.29, 1.82) is 0 Å². The van der Waals surface area contributed by atoms with E-state index in [0.717, 1.165) is 22.8 Å². The Hall–Kier alpha value is -4.05. The number of benzene rings is 4. The fourth-order valence-electron chi connectivity index (χ4n) is 5.01. The van der Waals surface area contributed by atoms with E-state index < -0.39 is 0 Å². The van der Waals surface area contributed by atoms with Crippen molar-refractivity contribution >= 4 is 0 Å². The molecule has 2 aromatic heterocycles. The standard InChI is InChI=1S/C27H27N2.C10H9N2.Ir/c1-19(2)24-17-23(21-11-7-5-8-12-21)18-25(20(3)4)26(24)29-16-15-28-27(29)22-13-9-6-10-14-22;1-12-8-7-11-10(12)9-5-3-2-4-6-9;/h5-13,15-20H,1-4H3;2-5,7-8H,1H3;/q2*-1;. The summed E-state index contributed by atoms with van der Waals surface area (Å²) in [5.41, 5.74) is 8.49.